The van der Waals surface area contributed by atoms with E-state index in [9.17, 15) is 4.79 Å². The first-order chi connectivity index (χ1) is 12.7. The lowest BCUT2D eigenvalue weighted by Gasteiger charge is -2.05. The van der Waals surface area contributed by atoms with E-state index in [4.69, 9.17) is 0 Å². The van der Waals surface area contributed by atoms with Gasteiger partial charge in [0.25, 0.3) is 5.91 Å². The molecule has 0 fully saturated rings. The van der Waals surface area contributed by atoms with Crippen molar-refractivity contribution >= 4 is 28.8 Å². The van der Waals surface area contributed by atoms with Crippen molar-refractivity contribution in [1.82, 2.24) is 24.8 Å². The normalized spacial score (nSPS) is 11.0. The number of hydrogen-bond acceptors (Lipinski definition) is 6. The van der Waals surface area contributed by atoms with Crippen LogP contribution in [0, 0.1) is 0 Å². The van der Waals surface area contributed by atoms with Crippen molar-refractivity contribution in [2.75, 3.05) is 17.2 Å². The Morgan fingerprint density at radius 1 is 1.15 bits per heavy atom. The second kappa shape index (κ2) is 8.11. The zero-order chi connectivity index (χ0) is 18.4. The maximum atomic E-state index is 12.4. The van der Waals surface area contributed by atoms with Crippen molar-refractivity contribution in [2.45, 2.75) is 20.4 Å². The third-order valence-corrected chi connectivity index (χ3v) is 3.73. The fourth-order valence-electron chi connectivity index (χ4n) is 2.50. The number of anilines is 2. The highest BCUT2D eigenvalue weighted by atomic mass is 16.1. The van der Waals surface area contributed by atoms with Crippen molar-refractivity contribution in [1.29, 1.82) is 0 Å². The molecular weight excluding hydrogens is 330 g/mol. The van der Waals surface area contributed by atoms with Gasteiger partial charge in [-0.25, -0.2) is 15.0 Å². The fraction of sp³-hybridized carbons (Fsp3) is 0.222. The summed E-state index contributed by atoms with van der Waals surface area (Å²) in [5, 5.41) is 9.03. The number of rotatable bonds is 7. The van der Waals surface area contributed by atoms with Crippen LogP contribution in [0.15, 0.2) is 49.1 Å². The predicted molar refractivity (Wildman–Crippen MR) is 102 cm³/mol. The Morgan fingerprint density at radius 3 is 2.69 bits per heavy atom. The molecule has 1 aromatic carbocycles. The molecule has 8 nitrogen and oxygen atoms in total. The summed E-state index contributed by atoms with van der Waals surface area (Å²) in [5.41, 5.74) is 1.75. The van der Waals surface area contributed by atoms with Gasteiger partial charge in [0, 0.05) is 31.1 Å². The zero-order valence-corrected chi connectivity index (χ0v) is 14.7. The van der Waals surface area contributed by atoms with Gasteiger partial charge >= 0.3 is 0 Å². The Hall–Kier alpha value is -3.42. The maximum Gasteiger partial charge on any atom is 0.256 e. The van der Waals surface area contributed by atoms with Crippen LogP contribution in [-0.4, -0.2) is 32.0 Å². The maximum absolute atomic E-state index is 12.4. The fourth-order valence-corrected chi connectivity index (χ4v) is 2.50. The first-order valence-corrected chi connectivity index (χ1v) is 8.47. The number of nitrogens with one attached hydrogen (secondary N) is 3. The number of amides is 1. The van der Waals surface area contributed by atoms with Gasteiger partial charge in [-0.1, -0.05) is 18.2 Å². The van der Waals surface area contributed by atoms with E-state index >= 15 is 0 Å². The minimum atomic E-state index is -0.238. The summed E-state index contributed by atoms with van der Waals surface area (Å²) in [5.74, 6) is 0.778. The molecule has 3 N–H and O–H groups in total. The molecule has 0 saturated heterocycles. The number of aromatic nitrogens is 4. The predicted octanol–water partition coefficient (Wildman–Crippen LogP) is 2.59. The first-order valence-electron chi connectivity index (χ1n) is 8.47. The van der Waals surface area contributed by atoms with Crippen molar-refractivity contribution in [3.05, 3.63) is 54.6 Å². The minimum absolute atomic E-state index is 0.238. The van der Waals surface area contributed by atoms with Gasteiger partial charge in [0.2, 0.25) is 5.95 Å². The van der Waals surface area contributed by atoms with E-state index in [1.54, 1.807) is 18.3 Å². The van der Waals surface area contributed by atoms with Gasteiger partial charge in [0.15, 0.2) is 17.0 Å². The molecule has 0 saturated carbocycles. The van der Waals surface area contributed by atoms with Crippen LogP contribution < -0.4 is 16.0 Å². The molecule has 0 aliphatic carbocycles. The van der Waals surface area contributed by atoms with Gasteiger partial charge in [-0.3, -0.25) is 9.36 Å². The molecule has 26 heavy (non-hydrogen) atoms. The van der Waals surface area contributed by atoms with Crippen LogP contribution in [0.2, 0.25) is 0 Å². The summed E-state index contributed by atoms with van der Waals surface area (Å²) in [4.78, 5) is 25.5. The lowest BCUT2D eigenvalue weighted by atomic mass is 10.2. The van der Waals surface area contributed by atoms with E-state index in [0.717, 1.165) is 6.54 Å². The van der Waals surface area contributed by atoms with E-state index in [2.05, 4.69) is 30.9 Å². The molecule has 0 atom stereocenters. The standard InChI is InChI=1S/C18H21N7O/c1-3-19-10-11-20-18-23-14-15(21-12-22-16(14)25(18)4-2)24-17(26)13-8-6-5-7-9-13/h5-12,19H,3-4H2,1-2H3,(H,20,23)(H,21,22,24,26)/b11-10+. The Balaban J connectivity index is 1.92. The second-order valence-electron chi connectivity index (χ2n) is 5.43. The van der Waals surface area contributed by atoms with E-state index in [1.165, 1.54) is 6.33 Å². The third kappa shape index (κ3) is 3.64. The van der Waals surface area contributed by atoms with Gasteiger partial charge in [0.1, 0.15) is 6.33 Å². The number of imidazole rings is 1. The van der Waals surface area contributed by atoms with Crippen LogP contribution in [0.4, 0.5) is 11.8 Å². The van der Waals surface area contributed by atoms with Crippen molar-refractivity contribution in [2.24, 2.45) is 0 Å². The number of aryl methyl sites for hydroxylation is 1. The molecule has 8 heteroatoms. The smallest absolute Gasteiger partial charge is 0.256 e. The largest absolute Gasteiger partial charge is 0.390 e. The summed E-state index contributed by atoms with van der Waals surface area (Å²) in [7, 11) is 0. The summed E-state index contributed by atoms with van der Waals surface area (Å²) >= 11 is 0. The average molecular weight is 351 g/mol. The number of hydrogen-bond donors (Lipinski definition) is 3. The molecule has 3 aromatic rings. The Morgan fingerprint density at radius 2 is 1.96 bits per heavy atom. The topological polar surface area (TPSA) is 96.8 Å². The van der Waals surface area contributed by atoms with Gasteiger partial charge < -0.3 is 16.0 Å². The number of benzene rings is 1. The summed E-state index contributed by atoms with van der Waals surface area (Å²) in [6.45, 7) is 5.54. The molecule has 3 rings (SSSR count). The number of fused-ring (bicyclic) bond motifs is 1. The first kappa shape index (κ1) is 17.4. The summed E-state index contributed by atoms with van der Waals surface area (Å²) < 4.78 is 1.92. The number of carbonyl (C=O) groups is 1. The molecule has 134 valence electrons. The number of nitrogens with zero attached hydrogens (tertiary/aromatic N) is 4. The van der Waals surface area contributed by atoms with Crippen LogP contribution in [-0.2, 0) is 6.54 Å². The van der Waals surface area contributed by atoms with Gasteiger partial charge in [0.05, 0.1) is 0 Å². The molecule has 2 heterocycles. The molecule has 1 amide bonds. The Bertz CT molecular complexity index is 918. The van der Waals surface area contributed by atoms with Crippen LogP contribution in [0.5, 0.6) is 0 Å². The van der Waals surface area contributed by atoms with Gasteiger partial charge in [-0.05, 0) is 26.0 Å². The van der Waals surface area contributed by atoms with Crippen LogP contribution >= 0.6 is 0 Å². The molecule has 0 spiro atoms. The highest BCUT2D eigenvalue weighted by Crippen LogP contribution is 2.23. The van der Waals surface area contributed by atoms with E-state index < -0.39 is 0 Å². The highest BCUT2D eigenvalue weighted by molar-refractivity contribution is 6.06. The van der Waals surface area contributed by atoms with E-state index in [-0.39, 0.29) is 5.91 Å². The van der Waals surface area contributed by atoms with E-state index in [1.807, 2.05) is 42.8 Å². The van der Waals surface area contributed by atoms with Crippen LogP contribution in [0.3, 0.4) is 0 Å². The number of carbonyl (C=O) groups excluding carboxylic acids is 1. The molecule has 0 aliphatic rings. The van der Waals surface area contributed by atoms with E-state index in [0.29, 0.717) is 35.0 Å². The summed E-state index contributed by atoms with van der Waals surface area (Å²) in [6, 6.07) is 8.99. The Kier molecular flexibility index (Phi) is 5.43. The molecular formula is C18H21N7O. The van der Waals surface area contributed by atoms with Crippen molar-refractivity contribution < 1.29 is 4.79 Å². The average Bonchev–Trinajstić information content (AvgIpc) is 3.04. The lowest BCUT2D eigenvalue weighted by Crippen LogP contribution is -2.13. The van der Waals surface area contributed by atoms with Crippen molar-refractivity contribution in [3.63, 3.8) is 0 Å². The minimum Gasteiger partial charge on any atom is -0.390 e. The molecule has 0 unspecified atom stereocenters. The zero-order valence-electron chi connectivity index (χ0n) is 14.7. The highest BCUT2D eigenvalue weighted by Gasteiger charge is 2.16. The van der Waals surface area contributed by atoms with Crippen LogP contribution in [0.25, 0.3) is 11.2 Å². The monoisotopic (exact) mass is 351 g/mol. The molecule has 2 aromatic heterocycles. The Labute approximate surface area is 151 Å². The van der Waals surface area contributed by atoms with Crippen LogP contribution in [0.1, 0.15) is 24.2 Å². The second-order valence-corrected chi connectivity index (χ2v) is 5.43. The third-order valence-electron chi connectivity index (χ3n) is 3.73. The summed E-state index contributed by atoms with van der Waals surface area (Å²) in [6.07, 6.45) is 5.00. The molecule has 0 radical (unpaired) electrons. The molecule has 0 aliphatic heterocycles. The lowest BCUT2D eigenvalue weighted by molar-refractivity contribution is 0.102. The molecule has 0 bridgehead atoms. The van der Waals surface area contributed by atoms with Gasteiger partial charge in [-0.15, -0.1) is 0 Å². The van der Waals surface area contributed by atoms with Gasteiger partial charge in [-0.2, -0.15) is 0 Å². The van der Waals surface area contributed by atoms with Crippen molar-refractivity contribution in [3.8, 4) is 0 Å². The quantitative estimate of drug-likeness (QED) is 0.605. The SMILES string of the molecule is CCN/C=C/Nc1nc2c(NC(=O)c3ccccc3)ncnc2n1CC.